The number of halogens is 1. The third kappa shape index (κ3) is 4.46. The van der Waals surface area contributed by atoms with Crippen molar-refractivity contribution < 1.29 is 17.9 Å². The Balaban J connectivity index is 2.31. The fourth-order valence-electron chi connectivity index (χ4n) is 2.53. The molecule has 0 N–H and O–H groups in total. The quantitative estimate of drug-likeness (QED) is 0.755. The van der Waals surface area contributed by atoms with Gasteiger partial charge in [0.25, 0.3) is 0 Å². The molecule has 0 aromatic heterocycles. The maximum atomic E-state index is 12.8. The van der Waals surface area contributed by atoms with Gasteiger partial charge in [0.15, 0.2) is 0 Å². The van der Waals surface area contributed by atoms with Crippen LogP contribution in [0.3, 0.4) is 0 Å². The van der Waals surface area contributed by atoms with E-state index in [2.05, 4.69) is 0 Å². The molecule has 1 aliphatic heterocycles. The van der Waals surface area contributed by atoms with Gasteiger partial charge in [-0.25, -0.2) is 13.2 Å². The van der Waals surface area contributed by atoms with E-state index in [0.717, 1.165) is 25.7 Å². The smallest absolute Gasteiger partial charge is 0.338 e. The Kier molecular flexibility index (Phi) is 6.44. The Labute approximate surface area is 142 Å². The largest absolute Gasteiger partial charge is 0.462 e. The zero-order valence-electron chi connectivity index (χ0n) is 13.3. The van der Waals surface area contributed by atoms with Crippen molar-refractivity contribution in [3.05, 3.63) is 28.8 Å². The van der Waals surface area contributed by atoms with Gasteiger partial charge in [-0.1, -0.05) is 31.4 Å². The summed E-state index contributed by atoms with van der Waals surface area (Å²) in [5.41, 5.74) is 0.205. The number of carbonyl (C=O) groups is 1. The van der Waals surface area contributed by atoms with Crippen LogP contribution in [0.4, 0.5) is 0 Å². The monoisotopic (exact) mass is 359 g/mol. The van der Waals surface area contributed by atoms with E-state index in [4.69, 9.17) is 16.3 Å². The molecule has 1 fully saturated rings. The summed E-state index contributed by atoms with van der Waals surface area (Å²) in [4.78, 5) is 11.9. The van der Waals surface area contributed by atoms with E-state index in [0.29, 0.717) is 26.1 Å². The molecule has 0 spiro atoms. The lowest BCUT2D eigenvalue weighted by Gasteiger charge is -2.21. The van der Waals surface area contributed by atoms with Gasteiger partial charge >= 0.3 is 5.97 Å². The Morgan fingerprint density at radius 1 is 1.22 bits per heavy atom. The van der Waals surface area contributed by atoms with E-state index >= 15 is 0 Å². The number of rotatable bonds is 5. The Morgan fingerprint density at radius 3 is 2.48 bits per heavy atom. The average Bonchev–Trinajstić information content (AvgIpc) is 2.82. The normalized spacial score (nSPS) is 16.8. The minimum absolute atomic E-state index is 0.0213. The molecule has 7 heteroatoms. The van der Waals surface area contributed by atoms with Crippen LogP contribution in [0.2, 0.25) is 5.02 Å². The van der Waals surface area contributed by atoms with Gasteiger partial charge in [-0.05, 0) is 37.5 Å². The molecule has 0 amide bonds. The molecular weight excluding hydrogens is 338 g/mol. The van der Waals surface area contributed by atoms with Gasteiger partial charge in [-0.15, -0.1) is 0 Å². The predicted octanol–water partition coefficient (Wildman–Crippen LogP) is 3.47. The van der Waals surface area contributed by atoms with Crippen LogP contribution in [-0.4, -0.2) is 38.4 Å². The summed E-state index contributed by atoms with van der Waals surface area (Å²) in [5.74, 6) is -0.532. The maximum Gasteiger partial charge on any atom is 0.338 e. The molecule has 1 heterocycles. The Morgan fingerprint density at radius 2 is 1.87 bits per heavy atom. The van der Waals surface area contributed by atoms with Crippen molar-refractivity contribution in [2.75, 3.05) is 19.7 Å². The highest BCUT2D eigenvalue weighted by Gasteiger charge is 2.28. The van der Waals surface area contributed by atoms with E-state index in [9.17, 15) is 13.2 Å². The van der Waals surface area contributed by atoms with Gasteiger partial charge in [-0.2, -0.15) is 4.31 Å². The Hall–Kier alpha value is -1.11. The summed E-state index contributed by atoms with van der Waals surface area (Å²) in [6.07, 6.45) is 4.45. The molecule has 23 heavy (non-hydrogen) atoms. The summed E-state index contributed by atoms with van der Waals surface area (Å²) < 4.78 is 32.2. The maximum absolute atomic E-state index is 12.8. The standard InChI is InChI=1S/C16H22ClNO4S/c1-2-11-22-16(19)13-7-8-14(17)15(12-13)23(20,21)18-9-5-3-4-6-10-18/h7-8,12H,2-6,9-11H2,1H3. The molecule has 128 valence electrons. The highest BCUT2D eigenvalue weighted by molar-refractivity contribution is 7.89. The first-order chi connectivity index (χ1) is 11.0. The Bertz CT molecular complexity index is 652. The van der Waals surface area contributed by atoms with Gasteiger partial charge in [0.05, 0.1) is 17.2 Å². The SMILES string of the molecule is CCCOC(=O)c1ccc(Cl)c(S(=O)(=O)N2CCCCCC2)c1. The van der Waals surface area contributed by atoms with Crippen LogP contribution in [-0.2, 0) is 14.8 Å². The molecule has 2 rings (SSSR count). The molecule has 1 saturated heterocycles. The van der Waals surface area contributed by atoms with Crippen molar-refractivity contribution in [3.8, 4) is 0 Å². The number of esters is 1. The third-order valence-corrected chi connectivity index (χ3v) is 6.17. The van der Waals surface area contributed by atoms with Gasteiger partial charge < -0.3 is 4.74 Å². The molecule has 0 radical (unpaired) electrons. The molecule has 0 unspecified atom stereocenters. The van der Waals surface area contributed by atoms with Crippen molar-refractivity contribution in [3.63, 3.8) is 0 Å². The number of nitrogens with zero attached hydrogens (tertiary/aromatic N) is 1. The van der Waals surface area contributed by atoms with Crippen molar-refractivity contribution in [2.24, 2.45) is 0 Å². The number of ether oxygens (including phenoxy) is 1. The van der Waals surface area contributed by atoms with E-state index in [1.807, 2.05) is 6.92 Å². The van der Waals surface area contributed by atoms with Gasteiger partial charge in [-0.3, -0.25) is 0 Å². The van der Waals surface area contributed by atoms with Crippen molar-refractivity contribution >= 4 is 27.6 Å². The molecule has 0 aliphatic carbocycles. The minimum Gasteiger partial charge on any atom is -0.462 e. The van der Waals surface area contributed by atoms with Crippen LogP contribution in [0.15, 0.2) is 23.1 Å². The summed E-state index contributed by atoms with van der Waals surface area (Å²) in [7, 11) is -3.70. The van der Waals surface area contributed by atoms with Gasteiger partial charge in [0.2, 0.25) is 10.0 Å². The minimum atomic E-state index is -3.70. The van der Waals surface area contributed by atoms with Crippen LogP contribution in [0.1, 0.15) is 49.4 Å². The van der Waals surface area contributed by atoms with E-state index in [-0.39, 0.29) is 15.5 Å². The van der Waals surface area contributed by atoms with Crippen molar-refractivity contribution in [2.45, 2.75) is 43.9 Å². The zero-order chi connectivity index (χ0) is 16.9. The number of carbonyl (C=O) groups excluding carboxylic acids is 1. The first-order valence-corrected chi connectivity index (χ1v) is 9.75. The number of sulfonamides is 1. The summed E-state index contributed by atoms with van der Waals surface area (Å²) >= 11 is 6.09. The first kappa shape index (κ1) is 18.2. The number of hydrogen-bond donors (Lipinski definition) is 0. The predicted molar refractivity (Wildman–Crippen MR) is 89.3 cm³/mol. The first-order valence-electron chi connectivity index (χ1n) is 7.93. The van der Waals surface area contributed by atoms with Crippen LogP contribution in [0, 0.1) is 0 Å². The summed E-state index contributed by atoms with van der Waals surface area (Å²) in [6, 6.07) is 4.25. The molecule has 1 aliphatic rings. The summed E-state index contributed by atoms with van der Waals surface area (Å²) in [5, 5.41) is 0.126. The van der Waals surface area contributed by atoms with Crippen LogP contribution in [0.25, 0.3) is 0 Å². The molecule has 0 atom stereocenters. The van der Waals surface area contributed by atoms with Gasteiger partial charge in [0, 0.05) is 13.1 Å². The average molecular weight is 360 g/mol. The van der Waals surface area contributed by atoms with E-state index < -0.39 is 16.0 Å². The number of hydrogen-bond acceptors (Lipinski definition) is 4. The lowest BCUT2D eigenvalue weighted by atomic mass is 10.2. The topological polar surface area (TPSA) is 63.7 Å². The molecule has 1 aromatic rings. The van der Waals surface area contributed by atoms with Crippen LogP contribution in [0.5, 0.6) is 0 Å². The van der Waals surface area contributed by atoms with E-state index in [1.54, 1.807) is 0 Å². The molecule has 1 aromatic carbocycles. The van der Waals surface area contributed by atoms with Crippen molar-refractivity contribution in [1.82, 2.24) is 4.31 Å². The van der Waals surface area contributed by atoms with Crippen LogP contribution >= 0.6 is 11.6 Å². The second-order valence-corrected chi connectivity index (χ2v) is 7.91. The van der Waals surface area contributed by atoms with E-state index in [1.165, 1.54) is 22.5 Å². The van der Waals surface area contributed by atoms with Gasteiger partial charge in [0.1, 0.15) is 4.90 Å². The molecule has 5 nitrogen and oxygen atoms in total. The highest BCUT2D eigenvalue weighted by atomic mass is 35.5. The molecular formula is C16H22ClNO4S. The molecule has 0 bridgehead atoms. The second-order valence-electron chi connectivity index (χ2n) is 5.60. The van der Waals surface area contributed by atoms with Crippen molar-refractivity contribution in [1.29, 1.82) is 0 Å². The third-order valence-electron chi connectivity index (χ3n) is 3.79. The highest BCUT2D eigenvalue weighted by Crippen LogP contribution is 2.27. The van der Waals surface area contributed by atoms with Crippen LogP contribution < -0.4 is 0 Å². The lowest BCUT2D eigenvalue weighted by Crippen LogP contribution is -2.32. The fourth-order valence-corrected chi connectivity index (χ4v) is 4.54. The summed E-state index contributed by atoms with van der Waals surface area (Å²) in [6.45, 7) is 3.17. The fraction of sp³-hybridized carbons (Fsp3) is 0.562. The molecule has 0 saturated carbocycles. The lowest BCUT2D eigenvalue weighted by molar-refractivity contribution is 0.0505. The zero-order valence-corrected chi connectivity index (χ0v) is 14.8. The number of benzene rings is 1. The second kappa shape index (κ2) is 8.13.